The van der Waals surface area contributed by atoms with E-state index in [0.29, 0.717) is 11.6 Å². The van der Waals surface area contributed by atoms with Crippen molar-refractivity contribution in [1.82, 2.24) is 10.2 Å². The highest BCUT2D eigenvalue weighted by Gasteiger charge is 2.03. The Balaban J connectivity index is 1.82. The van der Waals surface area contributed by atoms with E-state index in [2.05, 4.69) is 15.5 Å². The van der Waals surface area contributed by atoms with Crippen LogP contribution in [0.2, 0.25) is 5.02 Å². The maximum atomic E-state index is 9.38. The van der Waals surface area contributed by atoms with Crippen molar-refractivity contribution in [1.29, 1.82) is 0 Å². The fourth-order valence-electron chi connectivity index (χ4n) is 1.98. The second-order valence-corrected chi connectivity index (χ2v) is 4.68. The molecule has 0 amide bonds. The normalized spacial score (nSPS) is 10.8. The van der Waals surface area contributed by atoms with Gasteiger partial charge in [0, 0.05) is 17.6 Å². The van der Waals surface area contributed by atoms with Gasteiger partial charge in [-0.1, -0.05) is 23.7 Å². The number of fused-ring (bicyclic) bond motifs is 1. The van der Waals surface area contributed by atoms with Gasteiger partial charge in [0.15, 0.2) is 0 Å². The third-order valence-electron chi connectivity index (χ3n) is 2.98. The largest absolute Gasteiger partial charge is 0.506 e. The van der Waals surface area contributed by atoms with Gasteiger partial charge in [-0.25, -0.2) is 0 Å². The van der Waals surface area contributed by atoms with Crippen LogP contribution in [0.25, 0.3) is 10.9 Å². The van der Waals surface area contributed by atoms with E-state index in [1.54, 1.807) is 18.3 Å². The Morgan fingerprint density at radius 2 is 2.16 bits per heavy atom. The number of nitrogens with zero attached hydrogens (tertiary/aromatic N) is 1. The predicted molar refractivity (Wildman–Crippen MR) is 76.5 cm³/mol. The molecule has 1 heterocycles. The predicted octanol–water partition coefficient (Wildman–Crippen LogP) is 3.53. The van der Waals surface area contributed by atoms with Crippen molar-refractivity contribution in [2.24, 2.45) is 0 Å². The Hall–Kier alpha value is -2.20. The minimum atomic E-state index is 0.0994. The standard InChI is InChI=1S/C14H12ClN3O/c15-11-6-9(4-5-14(11)19)7-16-12-2-1-3-13-10(12)8-17-18-13/h1-6,8,16,19H,7H2,(H,17,18). The second kappa shape index (κ2) is 4.82. The van der Waals surface area contributed by atoms with Gasteiger partial charge in [-0.05, 0) is 29.8 Å². The van der Waals surface area contributed by atoms with Crippen LogP contribution >= 0.6 is 11.6 Å². The number of anilines is 1. The summed E-state index contributed by atoms with van der Waals surface area (Å²) in [6, 6.07) is 11.1. The number of aromatic amines is 1. The minimum Gasteiger partial charge on any atom is -0.506 e. The van der Waals surface area contributed by atoms with Crippen molar-refractivity contribution in [3.8, 4) is 5.75 Å². The molecule has 5 heteroatoms. The number of halogens is 1. The number of phenolic OH excluding ortho intramolecular Hbond substituents is 1. The molecule has 0 atom stereocenters. The molecular formula is C14H12ClN3O. The zero-order valence-electron chi connectivity index (χ0n) is 10.0. The summed E-state index contributed by atoms with van der Waals surface area (Å²) in [5.41, 5.74) is 3.01. The number of H-pyrrole nitrogens is 1. The summed E-state index contributed by atoms with van der Waals surface area (Å²) in [5, 5.41) is 21.1. The number of nitrogens with one attached hydrogen (secondary N) is 2. The first-order valence-corrected chi connectivity index (χ1v) is 6.25. The SMILES string of the molecule is Oc1ccc(CNc2cccc3[nH]ncc23)cc1Cl. The molecule has 0 aliphatic carbocycles. The van der Waals surface area contributed by atoms with Gasteiger partial charge < -0.3 is 10.4 Å². The third-order valence-corrected chi connectivity index (χ3v) is 3.28. The molecule has 0 saturated heterocycles. The van der Waals surface area contributed by atoms with Gasteiger partial charge in [0.25, 0.3) is 0 Å². The van der Waals surface area contributed by atoms with Crippen LogP contribution in [0.15, 0.2) is 42.6 Å². The van der Waals surface area contributed by atoms with Gasteiger partial charge in [-0.2, -0.15) is 5.10 Å². The van der Waals surface area contributed by atoms with E-state index in [0.717, 1.165) is 22.2 Å². The van der Waals surface area contributed by atoms with Gasteiger partial charge in [-0.3, -0.25) is 5.10 Å². The first kappa shape index (κ1) is 11.9. The van der Waals surface area contributed by atoms with Gasteiger partial charge in [0.2, 0.25) is 0 Å². The van der Waals surface area contributed by atoms with E-state index in [9.17, 15) is 5.11 Å². The molecule has 19 heavy (non-hydrogen) atoms. The molecule has 3 aromatic rings. The topological polar surface area (TPSA) is 60.9 Å². The van der Waals surface area contributed by atoms with Crippen LogP contribution in [0.4, 0.5) is 5.69 Å². The van der Waals surface area contributed by atoms with E-state index >= 15 is 0 Å². The molecule has 0 aliphatic heterocycles. The summed E-state index contributed by atoms with van der Waals surface area (Å²) < 4.78 is 0. The number of benzene rings is 2. The van der Waals surface area contributed by atoms with Crippen molar-refractivity contribution < 1.29 is 5.11 Å². The van der Waals surface area contributed by atoms with Gasteiger partial charge in [0.05, 0.1) is 16.7 Å². The van der Waals surface area contributed by atoms with E-state index in [1.807, 2.05) is 24.3 Å². The molecule has 3 N–H and O–H groups in total. The summed E-state index contributed by atoms with van der Waals surface area (Å²) in [6.07, 6.45) is 1.79. The molecule has 96 valence electrons. The Bertz CT molecular complexity index is 724. The Morgan fingerprint density at radius 3 is 3.00 bits per heavy atom. The number of aromatic hydroxyl groups is 1. The zero-order valence-corrected chi connectivity index (χ0v) is 10.8. The lowest BCUT2D eigenvalue weighted by atomic mass is 10.2. The third kappa shape index (κ3) is 2.35. The molecule has 0 unspecified atom stereocenters. The minimum absolute atomic E-state index is 0.0994. The molecule has 0 bridgehead atoms. The first-order valence-electron chi connectivity index (χ1n) is 5.87. The number of aromatic nitrogens is 2. The number of hydrogen-bond donors (Lipinski definition) is 3. The second-order valence-electron chi connectivity index (χ2n) is 4.28. The first-order chi connectivity index (χ1) is 9.24. The Kier molecular flexibility index (Phi) is 3.01. The van der Waals surface area contributed by atoms with Crippen molar-refractivity contribution in [3.05, 3.63) is 53.2 Å². The van der Waals surface area contributed by atoms with Gasteiger partial charge >= 0.3 is 0 Å². The molecule has 1 aromatic heterocycles. The van der Waals surface area contributed by atoms with Crippen molar-refractivity contribution in [3.63, 3.8) is 0 Å². The van der Waals surface area contributed by atoms with Crippen molar-refractivity contribution in [2.45, 2.75) is 6.54 Å². The Morgan fingerprint density at radius 1 is 1.26 bits per heavy atom. The van der Waals surface area contributed by atoms with E-state index in [-0.39, 0.29) is 5.75 Å². The fraction of sp³-hybridized carbons (Fsp3) is 0.0714. The van der Waals surface area contributed by atoms with Crippen LogP contribution < -0.4 is 5.32 Å². The van der Waals surface area contributed by atoms with Gasteiger partial charge in [-0.15, -0.1) is 0 Å². The van der Waals surface area contributed by atoms with Crippen molar-refractivity contribution in [2.75, 3.05) is 5.32 Å². The number of phenols is 1. The number of hydrogen-bond acceptors (Lipinski definition) is 3. The van der Waals surface area contributed by atoms with Gasteiger partial charge in [0.1, 0.15) is 5.75 Å². The highest BCUT2D eigenvalue weighted by molar-refractivity contribution is 6.32. The summed E-state index contributed by atoms with van der Waals surface area (Å²) in [4.78, 5) is 0. The average molecular weight is 274 g/mol. The lowest BCUT2D eigenvalue weighted by Crippen LogP contribution is -1.99. The molecule has 0 aliphatic rings. The Labute approximate surface area is 115 Å². The molecule has 0 radical (unpaired) electrons. The molecule has 0 saturated carbocycles. The molecule has 2 aromatic carbocycles. The molecule has 4 nitrogen and oxygen atoms in total. The summed E-state index contributed by atoms with van der Waals surface area (Å²) in [6.45, 7) is 0.629. The number of rotatable bonds is 3. The quantitative estimate of drug-likeness (QED) is 0.684. The van der Waals surface area contributed by atoms with Crippen LogP contribution in [0.1, 0.15) is 5.56 Å². The molecule has 3 rings (SSSR count). The lowest BCUT2D eigenvalue weighted by molar-refractivity contribution is 0.475. The summed E-state index contributed by atoms with van der Waals surface area (Å²) in [5.74, 6) is 0.0994. The smallest absolute Gasteiger partial charge is 0.134 e. The summed E-state index contributed by atoms with van der Waals surface area (Å²) in [7, 11) is 0. The molecule has 0 spiro atoms. The summed E-state index contributed by atoms with van der Waals surface area (Å²) >= 11 is 5.88. The zero-order chi connectivity index (χ0) is 13.2. The molecule has 0 fully saturated rings. The molecular weight excluding hydrogens is 262 g/mol. The van der Waals surface area contributed by atoms with E-state index in [4.69, 9.17) is 11.6 Å². The van der Waals surface area contributed by atoms with Crippen molar-refractivity contribution >= 4 is 28.2 Å². The van der Waals surface area contributed by atoms with Crippen LogP contribution in [-0.2, 0) is 6.54 Å². The van der Waals surface area contributed by atoms with Crippen LogP contribution in [-0.4, -0.2) is 15.3 Å². The lowest BCUT2D eigenvalue weighted by Gasteiger charge is -2.08. The fourth-order valence-corrected chi connectivity index (χ4v) is 2.18. The monoisotopic (exact) mass is 273 g/mol. The van der Waals surface area contributed by atoms with E-state index < -0.39 is 0 Å². The van der Waals surface area contributed by atoms with Crippen LogP contribution in [0, 0.1) is 0 Å². The van der Waals surface area contributed by atoms with Crippen LogP contribution in [0.3, 0.4) is 0 Å². The maximum absolute atomic E-state index is 9.38. The highest BCUT2D eigenvalue weighted by Crippen LogP contribution is 2.25. The van der Waals surface area contributed by atoms with E-state index in [1.165, 1.54) is 0 Å². The average Bonchev–Trinajstić information content (AvgIpc) is 2.89. The highest BCUT2D eigenvalue weighted by atomic mass is 35.5. The maximum Gasteiger partial charge on any atom is 0.134 e. The van der Waals surface area contributed by atoms with Crippen LogP contribution in [0.5, 0.6) is 5.75 Å².